The molecule has 22 heavy (non-hydrogen) atoms. The molecule has 126 valence electrons. The van der Waals surface area contributed by atoms with Gasteiger partial charge in [-0.3, -0.25) is 4.99 Å². The molecular weight excluding hydrogens is 461 g/mol. The van der Waals surface area contributed by atoms with Crippen molar-refractivity contribution in [3.63, 3.8) is 0 Å². The number of benzene rings is 1. The molecule has 0 heterocycles. The molecule has 0 fully saturated rings. The van der Waals surface area contributed by atoms with Crippen LogP contribution >= 0.6 is 39.9 Å². The van der Waals surface area contributed by atoms with Gasteiger partial charge in [0.05, 0.1) is 13.2 Å². The minimum Gasteiger partial charge on any atom is -0.382 e. The Bertz CT molecular complexity index is 433. The van der Waals surface area contributed by atoms with E-state index in [1.807, 2.05) is 12.1 Å². The molecule has 1 aromatic rings. The average Bonchev–Trinajstić information content (AvgIpc) is 2.49. The molecule has 1 rings (SSSR count). The molecule has 0 aromatic heterocycles. The van der Waals surface area contributed by atoms with Crippen molar-refractivity contribution in [1.82, 2.24) is 10.6 Å². The van der Waals surface area contributed by atoms with Gasteiger partial charge in [0.1, 0.15) is 0 Å². The van der Waals surface area contributed by atoms with Gasteiger partial charge in [-0.1, -0.05) is 28.1 Å². The Balaban J connectivity index is 0.00000441. The summed E-state index contributed by atoms with van der Waals surface area (Å²) < 4.78 is 11.4. The second-order valence-electron chi connectivity index (χ2n) is 4.44. The quantitative estimate of drug-likeness (QED) is 0.244. The van der Waals surface area contributed by atoms with Crippen LogP contribution in [0.4, 0.5) is 0 Å². The summed E-state index contributed by atoms with van der Waals surface area (Å²) in [5.41, 5.74) is 1.20. The average molecular weight is 486 g/mol. The first-order valence-electron chi connectivity index (χ1n) is 7.02. The standard InChI is InChI=1S/C15H24BrN3O2.HI/c1-17-15(18-7-4-8-21-10-9-20-2)19-12-13-5-3-6-14(16)11-13;/h3,5-6,11H,4,7-10,12H2,1-2H3,(H2,17,18,19);1H. The highest BCUT2D eigenvalue weighted by molar-refractivity contribution is 14.0. The summed E-state index contributed by atoms with van der Waals surface area (Å²) in [6.45, 7) is 3.57. The molecule has 0 aliphatic heterocycles. The van der Waals surface area contributed by atoms with E-state index in [4.69, 9.17) is 9.47 Å². The lowest BCUT2D eigenvalue weighted by atomic mass is 10.2. The Kier molecular flexibility index (Phi) is 14.0. The number of hydrogen-bond acceptors (Lipinski definition) is 3. The van der Waals surface area contributed by atoms with Crippen molar-refractivity contribution in [2.24, 2.45) is 4.99 Å². The van der Waals surface area contributed by atoms with Gasteiger partial charge in [-0.05, 0) is 24.1 Å². The largest absolute Gasteiger partial charge is 0.382 e. The maximum Gasteiger partial charge on any atom is 0.191 e. The van der Waals surface area contributed by atoms with Crippen LogP contribution in [-0.2, 0) is 16.0 Å². The minimum atomic E-state index is 0. The summed E-state index contributed by atoms with van der Waals surface area (Å²) in [7, 11) is 3.44. The first-order valence-corrected chi connectivity index (χ1v) is 7.81. The molecule has 5 nitrogen and oxygen atoms in total. The van der Waals surface area contributed by atoms with Gasteiger partial charge in [-0.2, -0.15) is 0 Å². The van der Waals surface area contributed by atoms with E-state index in [1.54, 1.807) is 14.2 Å². The van der Waals surface area contributed by atoms with E-state index in [2.05, 4.69) is 43.7 Å². The number of rotatable bonds is 9. The van der Waals surface area contributed by atoms with Crippen molar-refractivity contribution in [2.75, 3.05) is 40.5 Å². The second kappa shape index (κ2) is 14.2. The van der Waals surface area contributed by atoms with Gasteiger partial charge in [0.25, 0.3) is 0 Å². The van der Waals surface area contributed by atoms with E-state index in [0.29, 0.717) is 13.2 Å². The van der Waals surface area contributed by atoms with Crippen molar-refractivity contribution < 1.29 is 9.47 Å². The van der Waals surface area contributed by atoms with Gasteiger partial charge in [0.2, 0.25) is 0 Å². The Hall–Kier alpha value is -0.380. The number of aliphatic imine (C=N–C) groups is 1. The molecular formula is C15H25BrIN3O2. The lowest BCUT2D eigenvalue weighted by molar-refractivity contribution is 0.0698. The summed E-state index contributed by atoms with van der Waals surface area (Å²) in [6, 6.07) is 8.20. The van der Waals surface area contributed by atoms with Gasteiger partial charge in [0, 0.05) is 38.3 Å². The maximum atomic E-state index is 5.40. The van der Waals surface area contributed by atoms with E-state index in [0.717, 1.165) is 36.5 Å². The zero-order valence-electron chi connectivity index (χ0n) is 13.1. The van der Waals surface area contributed by atoms with Crippen molar-refractivity contribution in [3.8, 4) is 0 Å². The van der Waals surface area contributed by atoms with Crippen LogP contribution in [-0.4, -0.2) is 46.5 Å². The van der Waals surface area contributed by atoms with E-state index < -0.39 is 0 Å². The molecule has 0 atom stereocenters. The summed E-state index contributed by atoms with van der Waals surface area (Å²) in [5, 5.41) is 6.54. The number of methoxy groups -OCH3 is 1. The van der Waals surface area contributed by atoms with Crippen molar-refractivity contribution in [2.45, 2.75) is 13.0 Å². The summed E-state index contributed by atoms with van der Waals surface area (Å²) in [6.07, 6.45) is 0.932. The number of guanidine groups is 1. The molecule has 0 aliphatic carbocycles. The van der Waals surface area contributed by atoms with Crippen molar-refractivity contribution in [3.05, 3.63) is 34.3 Å². The van der Waals surface area contributed by atoms with Crippen LogP contribution in [0, 0.1) is 0 Å². The first-order chi connectivity index (χ1) is 10.3. The van der Waals surface area contributed by atoms with Gasteiger partial charge >= 0.3 is 0 Å². The van der Waals surface area contributed by atoms with Crippen molar-refractivity contribution in [1.29, 1.82) is 0 Å². The Morgan fingerprint density at radius 3 is 2.73 bits per heavy atom. The van der Waals surface area contributed by atoms with Gasteiger partial charge in [-0.25, -0.2) is 0 Å². The second-order valence-corrected chi connectivity index (χ2v) is 5.36. The number of nitrogens with zero attached hydrogens (tertiary/aromatic N) is 1. The van der Waals surface area contributed by atoms with Gasteiger partial charge in [0.15, 0.2) is 5.96 Å². The van der Waals surface area contributed by atoms with E-state index in [1.165, 1.54) is 5.56 Å². The topological polar surface area (TPSA) is 54.9 Å². The van der Waals surface area contributed by atoms with Crippen LogP contribution < -0.4 is 10.6 Å². The highest BCUT2D eigenvalue weighted by Gasteiger charge is 1.98. The molecule has 0 saturated carbocycles. The number of nitrogens with one attached hydrogen (secondary N) is 2. The molecule has 0 spiro atoms. The van der Waals surface area contributed by atoms with Crippen LogP contribution in [0.15, 0.2) is 33.7 Å². The zero-order chi connectivity index (χ0) is 15.3. The minimum absolute atomic E-state index is 0. The maximum absolute atomic E-state index is 5.40. The smallest absolute Gasteiger partial charge is 0.191 e. The van der Waals surface area contributed by atoms with E-state index >= 15 is 0 Å². The number of hydrogen-bond donors (Lipinski definition) is 2. The zero-order valence-corrected chi connectivity index (χ0v) is 17.0. The summed E-state index contributed by atoms with van der Waals surface area (Å²) in [4.78, 5) is 4.19. The van der Waals surface area contributed by atoms with Crippen molar-refractivity contribution >= 4 is 45.9 Å². The highest BCUT2D eigenvalue weighted by Crippen LogP contribution is 2.11. The first kappa shape index (κ1) is 21.6. The SMILES string of the molecule is CN=C(NCCCOCCOC)NCc1cccc(Br)c1.I. The van der Waals surface area contributed by atoms with Crippen LogP contribution in [0.5, 0.6) is 0 Å². The number of halogens is 2. The summed E-state index contributed by atoms with van der Waals surface area (Å²) in [5.74, 6) is 0.798. The van der Waals surface area contributed by atoms with Crippen LogP contribution in [0.25, 0.3) is 0 Å². The van der Waals surface area contributed by atoms with Gasteiger partial charge in [-0.15, -0.1) is 24.0 Å². The van der Waals surface area contributed by atoms with E-state index in [9.17, 15) is 0 Å². The highest BCUT2D eigenvalue weighted by atomic mass is 127. The molecule has 0 aliphatic rings. The molecule has 0 amide bonds. The normalized spacial score (nSPS) is 11.0. The fourth-order valence-corrected chi connectivity index (χ4v) is 2.13. The van der Waals surface area contributed by atoms with Gasteiger partial charge < -0.3 is 20.1 Å². The molecule has 7 heteroatoms. The Morgan fingerprint density at radius 2 is 2.05 bits per heavy atom. The molecule has 0 bridgehead atoms. The third kappa shape index (κ3) is 10.4. The predicted molar refractivity (Wildman–Crippen MR) is 105 cm³/mol. The summed E-state index contributed by atoms with van der Waals surface area (Å²) >= 11 is 3.47. The molecule has 0 saturated heterocycles. The van der Waals surface area contributed by atoms with Crippen LogP contribution in [0.3, 0.4) is 0 Å². The monoisotopic (exact) mass is 485 g/mol. The molecule has 2 N–H and O–H groups in total. The Morgan fingerprint density at radius 1 is 1.23 bits per heavy atom. The lowest BCUT2D eigenvalue weighted by Crippen LogP contribution is -2.37. The molecule has 0 radical (unpaired) electrons. The fraction of sp³-hybridized carbons (Fsp3) is 0.533. The fourth-order valence-electron chi connectivity index (χ4n) is 1.68. The Labute approximate surface area is 158 Å². The third-order valence-corrected chi connectivity index (χ3v) is 3.26. The third-order valence-electron chi connectivity index (χ3n) is 2.76. The predicted octanol–water partition coefficient (Wildman–Crippen LogP) is 2.79. The molecule has 0 unspecified atom stereocenters. The van der Waals surface area contributed by atoms with E-state index in [-0.39, 0.29) is 24.0 Å². The van der Waals surface area contributed by atoms with Crippen LogP contribution in [0.1, 0.15) is 12.0 Å². The van der Waals surface area contributed by atoms with Crippen LogP contribution in [0.2, 0.25) is 0 Å². The number of ether oxygens (including phenoxy) is 2. The lowest BCUT2D eigenvalue weighted by Gasteiger charge is -2.12. The molecule has 1 aromatic carbocycles.